The lowest BCUT2D eigenvalue weighted by Gasteiger charge is -2.25. The summed E-state index contributed by atoms with van der Waals surface area (Å²) in [5, 5.41) is 10.5. The van der Waals surface area contributed by atoms with E-state index in [2.05, 4.69) is 12.6 Å². The van der Waals surface area contributed by atoms with Gasteiger partial charge in [-0.25, -0.2) is 4.79 Å². The van der Waals surface area contributed by atoms with Gasteiger partial charge in [-0.2, -0.15) is 12.6 Å². The monoisotopic (exact) mass is 353 g/mol. The summed E-state index contributed by atoms with van der Waals surface area (Å²) < 4.78 is 5.23. The molecular formula is C15H19N3O5S. The van der Waals surface area contributed by atoms with E-state index in [0.717, 1.165) is 0 Å². The number of thiol groups is 1. The second kappa shape index (κ2) is 7.52. The molecule has 1 aromatic carbocycles. The van der Waals surface area contributed by atoms with Gasteiger partial charge in [0, 0.05) is 38.0 Å². The van der Waals surface area contributed by atoms with Crippen molar-refractivity contribution in [2.45, 2.75) is 24.3 Å². The molecule has 0 N–H and O–H groups in total. The molecule has 0 aromatic heterocycles. The number of hydrogen-bond donors (Lipinski definition) is 1. The van der Waals surface area contributed by atoms with Crippen LogP contribution in [0.4, 0.5) is 10.5 Å². The number of benzene rings is 1. The molecule has 1 heterocycles. The predicted molar refractivity (Wildman–Crippen MR) is 89.9 cm³/mol. The smallest absolute Gasteiger partial charge is 0.410 e. The van der Waals surface area contributed by atoms with Gasteiger partial charge in [0.1, 0.15) is 12.6 Å². The fourth-order valence-electron chi connectivity index (χ4n) is 2.49. The Morgan fingerprint density at radius 3 is 2.54 bits per heavy atom. The number of likely N-dealkylation sites (tertiary alicyclic amines) is 1. The van der Waals surface area contributed by atoms with Crippen LogP contribution in [-0.4, -0.2) is 58.7 Å². The van der Waals surface area contributed by atoms with Gasteiger partial charge in [-0.05, 0) is 24.1 Å². The molecule has 0 unspecified atom stereocenters. The molecule has 1 saturated heterocycles. The summed E-state index contributed by atoms with van der Waals surface area (Å²) in [7, 11) is 3.27. The third-order valence-corrected chi connectivity index (χ3v) is 4.12. The molecule has 2 rings (SSSR count). The summed E-state index contributed by atoms with van der Waals surface area (Å²) >= 11 is 4.35. The van der Waals surface area contributed by atoms with Crippen molar-refractivity contribution < 1.29 is 19.2 Å². The van der Waals surface area contributed by atoms with Gasteiger partial charge < -0.3 is 9.64 Å². The maximum absolute atomic E-state index is 12.3. The van der Waals surface area contributed by atoms with Crippen LogP contribution in [-0.2, 0) is 16.1 Å². The highest BCUT2D eigenvalue weighted by atomic mass is 32.1. The van der Waals surface area contributed by atoms with E-state index in [0.29, 0.717) is 18.5 Å². The molecule has 1 fully saturated rings. The van der Waals surface area contributed by atoms with Crippen LogP contribution >= 0.6 is 12.6 Å². The van der Waals surface area contributed by atoms with E-state index in [4.69, 9.17) is 4.74 Å². The molecule has 2 amide bonds. The largest absolute Gasteiger partial charge is 0.445 e. The minimum atomic E-state index is -0.592. The van der Waals surface area contributed by atoms with Crippen LogP contribution < -0.4 is 0 Å². The first-order valence-electron chi connectivity index (χ1n) is 7.35. The summed E-state index contributed by atoms with van der Waals surface area (Å²) in [5.41, 5.74) is 0.602. The lowest BCUT2D eigenvalue weighted by atomic mass is 10.2. The van der Waals surface area contributed by atoms with E-state index >= 15 is 0 Å². The van der Waals surface area contributed by atoms with Crippen LogP contribution in [0.3, 0.4) is 0 Å². The number of ether oxygens (including phenoxy) is 1. The molecule has 0 aliphatic carbocycles. The summed E-state index contributed by atoms with van der Waals surface area (Å²) in [5.74, 6) is -0.168. The standard InChI is InChI=1S/C15H19N3O5S/c1-16(2)14(19)13-7-12(24)8-17(13)15(20)23-9-10-3-5-11(6-4-10)18(21)22/h3-6,12-13,24H,7-9H2,1-2H3/t12-,13-/m1/s1. The van der Waals surface area contributed by atoms with Crippen LogP contribution in [0.1, 0.15) is 12.0 Å². The highest BCUT2D eigenvalue weighted by Gasteiger charge is 2.39. The first-order chi connectivity index (χ1) is 11.3. The SMILES string of the molecule is CN(C)C(=O)[C@H]1C[C@@H](S)CN1C(=O)OCc1ccc([N+](=O)[O-])cc1. The van der Waals surface area contributed by atoms with E-state index in [1.54, 1.807) is 14.1 Å². The molecule has 0 spiro atoms. The Morgan fingerprint density at radius 1 is 1.38 bits per heavy atom. The zero-order valence-corrected chi connectivity index (χ0v) is 14.3. The molecular weight excluding hydrogens is 334 g/mol. The third-order valence-electron chi connectivity index (χ3n) is 3.75. The van der Waals surface area contributed by atoms with E-state index in [1.807, 2.05) is 0 Å². The van der Waals surface area contributed by atoms with Crippen molar-refractivity contribution in [3.8, 4) is 0 Å². The summed E-state index contributed by atoms with van der Waals surface area (Å²) in [4.78, 5) is 37.4. The molecule has 24 heavy (non-hydrogen) atoms. The van der Waals surface area contributed by atoms with Crippen molar-refractivity contribution in [1.29, 1.82) is 0 Å². The molecule has 1 aliphatic heterocycles. The number of nitro benzene ring substituents is 1. The number of amides is 2. The van der Waals surface area contributed by atoms with Gasteiger partial charge in [-0.3, -0.25) is 19.8 Å². The van der Waals surface area contributed by atoms with Crippen LogP contribution in [0.15, 0.2) is 24.3 Å². The van der Waals surface area contributed by atoms with E-state index < -0.39 is 17.1 Å². The fourth-order valence-corrected chi connectivity index (χ4v) is 2.87. The van der Waals surface area contributed by atoms with Gasteiger partial charge in [0.2, 0.25) is 5.91 Å². The van der Waals surface area contributed by atoms with Gasteiger partial charge in [0.25, 0.3) is 5.69 Å². The van der Waals surface area contributed by atoms with Gasteiger partial charge in [-0.15, -0.1) is 0 Å². The van der Waals surface area contributed by atoms with Gasteiger partial charge in [0.15, 0.2) is 0 Å². The Balaban J connectivity index is 1.98. The van der Waals surface area contributed by atoms with Crippen LogP contribution in [0.25, 0.3) is 0 Å². The van der Waals surface area contributed by atoms with E-state index in [-0.39, 0.29) is 23.5 Å². The minimum Gasteiger partial charge on any atom is -0.445 e. The topological polar surface area (TPSA) is 93.0 Å². The highest BCUT2D eigenvalue weighted by molar-refractivity contribution is 7.81. The summed E-state index contributed by atoms with van der Waals surface area (Å²) in [6.07, 6.45) is -0.114. The lowest BCUT2D eigenvalue weighted by Crippen LogP contribution is -2.45. The molecule has 0 saturated carbocycles. The average molecular weight is 353 g/mol. The number of rotatable bonds is 4. The number of nitro groups is 1. The molecule has 9 heteroatoms. The Hall–Kier alpha value is -2.29. The number of carbonyl (C=O) groups is 2. The van der Waals surface area contributed by atoms with Gasteiger partial charge in [-0.1, -0.05) is 0 Å². The van der Waals surface area contributed by atoms with Crippen molar-refractivity contribution in [2.75, 3.05) is 20.6 Å². The molecule has 1 aromatic rings. The molecule has 0 bridgehead atoms. The Labute approximate surface area is 144 Å². The van der Waals surface area contributed by atoms with Crippen molar-refractivity contribution >= 4 is 30.3 Å². The zero-order chi connectivity index (χ0) is 17.9. The summed E-state index contributed by atoms with van der Waals surface area (Å²) in [6.45, 7) is 0.319. The van der Waals surface area contributed by atoms with Crippen molar-refractivity contribution in [3.05, 3.63) is 39.9 Å². The van der Waals surface area contributed by atoms with Crippen LogP contribution in [0, 0.1) is 10.1 Å². The molecule has 0 radical (unpaired) electrons. The predicted octanol–water partition coefficient (Wildman–Crippen LogP) is 1.69. The molecule has 130 valence electrons. The first kappa shape index (κ1) is 18.1. The maximum Gasteiger partial charge on any atom is 0.410 e. The van der Waals surface area contributed by atoms with E-state index in [1.165, 1.54) is 34.1 Å². The van der Waals surface area contributed by atoms with Crippen molar-refractivity contribution in [3.63, 3.8) is 0 Å². The van der Waals surface area contributed by atoms with Gasteiger partial charge in [0.05, 0.1) is 4.92 Å². The molecule has 8 nitrogen and oxygen atoms in total. The Bertz CT molecular complexity index is 635. The van der Waals surface area contributed by atoms with Crippen LogP contribution in [0.5, 0.6) is 0 Å². The number of likely N-dealkylation sites (N-methyl/N-ethyl adjacent to an activating group) is 1. The van der Waals surface area contributed by atoms with Crippen LogP contribution in [0.2, 0.25) is 0 Å². The Morgan fingerprint density at radius 2 is 2.00 bits per heavy atom. The molecule has 1 aliphatic rings. The average Bonchev–Trinajstić information content (AvgIpc) is 2.94. The number of hydrogen-bond acceptors (Lipinski definition) is 6. The Kier molecular flexibility index (Phi) is 5.66. The molecule has 2 atom stereocenters. The lowest BCUT2D eigenvalue weighted by molar-refractivity contribution is -0.384. The minimum absolute atomic E-state index is 0.0204. The second-order valence-corrected chi connectivity index (χ2v) is 6.50. The van der Waals surface area contributed by atoms with Gasteiger partial charge >= 0.3 is 6.09 Å². The van der Waals surface area contributed by atoms with E-state index in [9.17, 15) is 19.7 Å². The number of non-ortho nitro benzene ring substituents is 1. The first-order valence-corrected chi connectivity index (χ1v) is 7.87. The maximum atomic E-state index is 12.3. The second-order valence-electron chi connectivity index (χ2n) is 5.77. The van der Waals surface area contributed by atoms with Crippen molar-refractivity contribution in [2.24, 2.45) is 0 Å². The number of nitrogens with zero attached hydrogens (tertiary/aromatic N) is 3. The van der Waals surface area contributed by atoms with Crippen molar-refractivity contribution in [1.82, 2.24) is 9.80 Å². The quantitative estimate of drug-likeness (QED) is 0.505. The number of carbonyl (C=O) groups excluding carboxylic acids is 2. The fraction of sp³-hybridized carbons (Fsp3) is 0.467. The highest BCUT2D eigenvalue weighted by Crippen LogP contribution is 2.24. The zero-order valence-electron chi connectivity index (χ0n) is 13.4. The summed E-state index contributed by atoms with van der Waals surface area (Å²) in [6, 6.07) is 5.17. The normalized spacial score (nSPS) is 19.9. The third kappa shape index (κ3) is 4.16.